The number of halogens is 2. The summed E-state index contributed by atoms with van der Waals surface area (Å²) in [5, 5.41) is 0.446. The molecule has 1 aromatic carbocycles. The van der Waals surface area contributed by atoms with Crippen LogP contribution in [0.3, 0.4) is 0 Å². The maximum atomic E-state index is 11.9. The third kappa shape index (κ3) is 4.44. The molecule has 0 saturated heterocycles. The molecule has 0 aliphatic carbocycles. The Morgan fingerprint density at radius 3 is 2.65 bits per heavy atom. The Morgan fingerprint density at radius 1 is 1.41 bits per heavy atom. The van der Waals surface area contributed by atoms with E-state index in [9.17, 15) is 8.42 Å². The number of sulfonamides is 1. The van der Waals surface area contributed by atoms with Gasteiger partial charge in [-0.05, 0) is 37.6 Å². The number of rotatable bonds is 5. The van der Waals surface area contributed by atoms with Gasteiger partial charge >= 0.3 is 0 Å². The molecule has 0 aromatic heterocycles. The second kappa shape index (κ2) is 7.18. The SMILES string of the molecule is Cc1c(Cl)cccc1S(=O)(=O)NCCCN.Cl. The second-order valence-electron chi connectivity index (χ2n) is 3.40. The average Bonchev–Trinajstić information content (AvgIpc) is 2.22. The highest BCUT2D eigenvalue weighted by atomic mass is 35.5. The molecule has 98 valence electrons. The van der Waals surface area contributed by atoms with Gasteiger partial charge in [-0.1, -0.05) is 17.7 Å². The van der Waals surface area contributed by atoms with Crippen LogP contribution in [0.2, 0.25) is 5.02 Å². The minimum atomic E-state index is -3.48. The van der Waals surface area contributed by atoms with E-state index in [0.29, 0.717) is 30.1 Å². The summed E-state index contributed by atoms with van der Waals surface area (Å²) in [6, 6.07) is 4.81. The summed E-state index contributed by atoms with van der Waals surface area (Å²) in [5.41, 5.74) is 5.85. The van der Waals surface area contributed by atoms with Crippen molar-refractivity contribution in [3.63, 3.8) is 0 Å². The Hall–Kier alpha value is -0.330. The molecule has 0 atom stereocenters. The van der Waals surface area contributed by atoms with Gasteiger partial charge in [0.25, 0.3) is 0 Å². The molecule has 0 heterocycles. The van der Waals surface area contributed by atoms with E-state index in [1.165, 1.54) is 6.07 Å². The second-order valence-corrected chi connectivity index (χ2v) is 5.55. The van der Waals surface area contributed by atoms with Gasteiger partial charge in [0.2, 0.25) is 10.0 Å². The predicted molar refractivity (Wildman–Crippen MR) is 72.3 cm³/mol. The van der Waals surface area contributed by atoms with E-state index >= 15 is 0 Å². The van der Waals surface area contributed by atoms with Crippen molar-refractivity contribution < 1.29 is 8.42 Å². The molecular formula is C10H16Cl2N2O2S. The Balaban J connectivity index is 0.00000256. The van der Waals surface area contributed by atoms with Crippen molar-refractivity contribution >= 4 is 34.0 Å². The summed E-state index contributed by atoms with van der Waals surface area (Å²) < 4.78 is 26.2. The normalized spacial score (nSPS) is 11.0. The van der Waals surface area contributed by atoms with Crippen LogP contribution in [0, 0.1) is 6.92 Å². The molecule has 17 heavy (non-hydrogen) atoms. The first-order valence-corrected chi connectivity index (χ1v) is 6.80. The van der Waals surface area contributed by atoms with Gasteiger partial charge in [0.1, 0.15) is 0 Å². The molecule has 0 aliphatic heterocycles. The summed E-state index contributed by atoms with van der Waals surface area (Å²) in [6.45, 7) is 2.47. The third-order valence-electron chi connectivity index (χ3n) is 2.18. The van der Waals surface area contributed by atoms with Gasteiger partial charge in [-0.3, -0.25) is 0 Å². The molecule has 3 N–H and O–H groups in total. The number of benzene rings is 1. The first-order chi connectivity index (χ1) is 7.49. The zero-order chi connectivity index (χ0) is 12.2. The summed E-state index contributed by atoms with van der Waals surface area (Å²) in [4.78, 5) is 0.219. The van der Waals surface area contributed by atoms with Crippen molar-refractivity contribution in [3.8, 4) is 0 Å². The molecule has 7 heteroatoms. The van der Waals surface area contributed by atoms with Crippen molar-refractivity contribution in [2.45, 2.75) is 18.2 Å². The van der Waals surface area contributed by atoms with Crippen LogP contribution in [-0.4, -0.2) is 21.5 Å². The molecule has 0 saturated carbocycles. The maximum absolute atomic E-state index is 11.9. The van der Waals surface area contributed by atoms with Crippen molar-refractivity contribution in [2.24, 2.45) is 5.73 Å². The predicted octanol–water partition coefficient (Wildman–Crippen LogP) is 1.70. The van der Waals surface area contributed by atoms with Crippen LogP contribution in [0.25, 0.3) is 0 Å². The zero-order valence-electron chi connectivity index (χ0n) is 9.44. The lowest BCUT2D eigenvalue weighted by Crippen LogP contribution is -2.26. The highest BCUT2D eigenvalue weighted by molar-refractivity contribution is 7.89. The first kappa shape index (κ1) is 16.7. The molecule has 0 bridgehead atoms. The Labute approximate surface area is 113 Å². The van der Waals surface area contributed by atoms with Crippen LogP contribution >= 0.6 is 24.0 Å². The van der Waals surface area contributed by atoms with E-state index in [1.807, 2.05) is 0 Å². The van der Waals surface area contributed by atoms with E-state index in [0.717, 1.165) is 0 Å². The number of nitrogens with two attached hydrogens (primary N) is 1. The molecule has 0 aliphatic rings. The average molecular weight is 299 g/mol. The smallest absolute Gasteiger partial charge is 0.240 e. The molecule has 0 fully saturated rings. The van der Waals surface area contributed by atoms with Gasteiger partial charge in [-0.15, -0.1) is 12.4 Å². The fraction of sp³-hybridized carbons (Fsp3) is 0.400. The highest BCUT2D eigenvalue weighted by Crippen LogP contribution is 2.22. The largest absolute Gasteiger partial charge is 0.330 e. The van der Waals surface area contributed by atoms with E-state index in [2.05, 4.69) is 4.72 Å². The third-order valence-corrected chi connectivity index (χ3v) is 4.20. The lowest BCUT2D eigenvalue weighted by Gasteiger charge is -2.09. The van der Waals surface area contributed by atoms with Gasteiger partial charge in [-0.25, -0.2) is 13.1 Å². The molecule has 0 amide bonds. The van der Waals surface area contributed by atoms with Crippen molar-refractivity contribution in [1.82, 2.24) is 4.72 Å². The van der Waals surface area contributed by atoms with Crippen molar-refractivity contribution in [2.75, 3.05) is 13.1 Å². The summed E-state index contributed by atoms with van der Waals surface area (Å²) in [5.74, 6) is 0. The standard InChI is InChI=1S/C10H15ClN2O2S.ClH/c1-8-9(11)4-2-5-10(8)16(14,15)13-7-3-6-12;/h2,4-5,13H,3,6-7,12H2,1H3;1H. The summed E-state index contributed by atoms with van der Waals surface area (Å²) in [6.07, 6.45) is 0.610. The maximum Gasteiger partial charge on any atom is 0.240 e. The fourth-order valence-corrected chi connectivity index (χ4v) is 2.84. The van der Waals surface area contributed by atoms with Gasteiger partial charge in [0.15, 0.2) is 0 Å². The molecule has 1 rings (SSSR count). The van der Waals surface area contributed by atoms with Crippen LogP contribution in [0.4, 0.5) is 0 Å². The van der Waals surface area contributed by atoms with E-state index in [4.69, 9.17) is 17.3 Å². The van der Waals surface area contributed by atoms with Gasteiger partial charge < -0.3 is 5.73 Å². The first-order valence-electron chi connectivity index (χ1n) is 4.94. The molecule has 0 unspecified atom stereocenters. The Kier molecular flexibility index (Phi) is 7.04. The summed E-state index contributed by atoms with van der Waals surface area (Å²) >= 11 is 5.87. The minimum Gasteiger partial charge on any atom is -0.330 e. The summed E-state index contributed by atoms with van der Waals surface area (Å²) in [7, 11) is -3.48. The quantitative estimate of drug-likeness (QED) is 0.813. The molecule has 0 spiro atoms. The van der Waals surface area contributed by atoms with Gasteiger partial charge in [0.05, 0.1) is 4.90 Å². The number of hydrogen-bond donors (Lipinski definition) is 2. The van der Waals surface area contributed by atoms with E-state index in [1.54, 1.807) is 19.1 Å². The van der Waals surface area contributed by atoms with Crippen LogP contribution in [-0.2, 0) is 10.0 Å². The number of hydrogen-bond acceptors (Lipinski definition) is 3. The van der Waals surface area contributed by atoms with Crippen molar-refractivity contribution in [3.05, 3.63) is 28.8 Å². The highest BCUT2D eigenvalue weighted by Gasteiger charge is 2.16. The van der Waals surface area contributed by atoms with Crippen LogP contribution < -0.4 is 10.5 Å². The monoisotopic (exact) mass is 298 g/mol. The Morgan fingerprint density at radius 2 is 2.06 bits per heavy atom. The van der Waals surface area contributed by atoms with Crippen LogP contribution in [0.15, 0.2) is 23.1 Å². The van der Waals surface area contributed by atoms with E-state index < -0.39 is 10.0 Å². The lowest BCUT2D eigenvalue weighted by atomic mass is 10.2. The molecule has 1 aromatic rings. The van der Waals surface area contributed by atoms with Crippen molar-refractivity contribution in [1.29, 1.82) is 0 Å². The molecule has 4 nitrogen and oxygen atoms in total. The topological polar surface area (TPSA) is 72.2 Å². The lowest BCUT2D eigenvalue weighted by molar-refractivity contribution is 0.579. The Bertz CT molecular complexity index is 463. The fourth-order valence-electron chi connectivity index (χ4n) is 1.27. The van der Waals surface area contributed by atoms with Gasteiger partial charge in [-0.2, -0.15) is 0 Å². The van der Waals surface area contributed by atoms with E-state index in [-0.39, 0.29) is 17.3 Å². The van der Waals surface area contributed by atoms with Crippen LogP contribution in [0.1, 0.15) is 12.0 Å². The molecular weight excluding hydrogens is 283 g/mol. The number of nitrogens with one attached hydrogen (secondary N) is 1. The molecule has 0 radical (unpaired) electrons. The van der Waals surface area contributed by atoms with Gasteiger partial charge in [0, 0.05) is 11.6 Å². The van der Waals surface area contributed by atoms with Crippen LogP contribution in [0.5, 0.6) is 0 Å². The zero-order valence-corrected chi connectivity index (χ0v) is 11.8. The minimum absolute atomic E-state index is 0.